The predicted molar refractivity (Wildman–Crippen MR) is 133 cm³/mol. The summed E-state index contributed by atoms with van der Waals surface area (Å²) in [4.78, 5) is 8.57. The van der Waals surface area contributed by atoms with Crippen LogP contribution in [-0.2, 0) is 6.18 Å². The molecule has 1 aromatic heterocycles. The fourth-order valence-electron chi connectivity index (χ4n) is 3.55. The fourth-order valence-corrected chi connectivity index (χ4v) is 3.55. The van der Waals surface area contributed by atoms with Crippen molar-refractivity contribution in [3.63, 3.8) is 0 Å². The lowest BCUT2D eigenvalue weighted by Gasteiger charge is -2.18. The van der Waals surface area contributed by atoms with Gasteiger partial charge in [0.2, 0.25) is 0 Å². The molecule has 3 N–H and O–H groups in total. The molecule has 0 radical (unpaired) electrons. The second-order valence-electron chi connectivity index (χ2n) is 8.42. The van der Waals surface area contributed by atoms with Crippen molar-refractivity contribution in [3.05, 3.63) is 64.5 Å². The second-order valence-corrected chi connectivity index (χ2v) is 8.42. The Morgan fingerprint density at radius 2 is 1.76 bits per heavy atom. The van der Waals surface area contributed by atoms with Crippen molar-refractivity contribution < 1.29 is 18.3 Å². The van der Waals surface area contributed by atoms with Crippen molar-refractivity contribution in [1.29, 1.82) is 0 Å². The van der Waals surface area contributed by atoms with Crippen molar-refractivity contribution in [1.82, 2.24) is 4.98 Å². The van der Waals surface area contributed by atoms with E-state index in [0.717, 1.165) is 30.9 Å². The van der Waals surface area contributed by atoms with Gasteiger partial charge in [0.1, 0.15) is 5.75 Å². The van der Waals surface area contributed by atoms with E-state index in [-0.39, 0.29) is 12.5 Å². The number of alkyl halides is 3. The Morgan fingerprint density at radius 3 is 2.29 bits per heavy atom. The molecule has 1 saturated carbocycles. The number of aliphatic imine (C=N–C) groups is 1. The molecule has 4 nitrogen and oxygen atoms in total. The monoisotopic (exact) mass is 475 g/mol. The maximum Gasteiger partial charge on any atom is 0.416 e. The largest absolute Gasteiger partial charge is 0.507 e. The maximum atomic E-state index is 13.2. The van der Waals surface area contributed by atoms with E-state index >= 15 is 0 Å². The number of hydrogen-bond donors (Lipinski definition) is 2. The van der Waals surface area contributed by atoms with Gasteiger partial charge in [-0.05, 0) is 54.5 Å². The molecule has 0 saturated heterocycles. The normalized spacial score (nSPS) is 15.1. The highest BCUT2D eigenvalue weighted by molar-refractivity contribution is 6.18. The van der Waals surface area contributed by atoms with Gasteiger partial charge in [-0.2, -0.15) is 13.2 Å². The molecular weight excluding hydrogens is 439 g/mol. The third-order valence-electron chi connectivity index (χ3n) is 6.07. The molecular formula is C27H36F3N3O. The molecule has 1 fully saturated rings. The zero-order chi connectivity index (χ0) is 25.5. The zero-order valence-corrected chi connectivity index (χ0v) is 20.7. The van der Waals surface area contributed by atoms with Gasteiger partial charge in [-0.15, -0.1) is 0 Å². The topological polar surface area (TPSA) is 71.5 Å². The number of aromatic hydroxyl groups is 1. The Bertz CT molecular complexity index is 1020. The lowest BCUT2D eigenvalue weighted by atomic mass is 9.90. The second kappa shape index (κ2) is 12.0. The molecule has 1 aliphatic heterocycles. The summed E-state index contributed by atoms with van der Waals surface area (Å²) in [5, 5.41) is 10.5. The molecule has 0 spiro atoms. The molecule has 0 unspecified atom stereocenters. The van der Waals surface area contributed by atoms with Gasteiger partial charge in [-0.25, -0.2) is 0 Å². The number of halogens is 3. The number of hydrogen-bond acceptors (Lipinski definition) is 4. The Labute approximate surface area is 200 Å². The van der Waals surface area contributed by atoms with Gasteiger partial charge in [0.15, 0.2) is 0 Å². The van der Waals surface area contributed by atoms with Crippen LogP contribution < -0.4 is 5.73 Å². The third kappa shape index (κ3) is 6.61. The highest BCUT2D eigenvalue weighted by atomic mass is 19.4. The van der Waals surface area contributed by atoms with Crippen LogP contribution in [0, 0.1) is 5.92 Å². The van der Waals surface area contributed by atoms with Crippen LogP contribution in [-0.4, -0.2) is 22.3 Å². The smallest absolute Gasteiger partial charge is 0.416 e. The van der Waals surface area contributed by atoms with Crippen molar-refractivity contribution in [2.75, 3.05) is 6.54 Å². The number of aromatic nitrogens is 1. The van der Waals surface area contributed by atoms with Gasteiger partial charge < -0.3 is 10.8 Å². The summed E-state index contributed by atoms with van der Waals surface area (Å²) in [5.41, 5.74) is 8.32. The SMILES string of the molecule is CC.CCC(C)CC.NC1=CCN=C(c2c(O)cc(C(F)(F)F)cc2C2CC2)c2ccncc21. The minimum Gasteiger partial charge on any atom is -0.507 e. The number of benzene rings is 1. The summed E-state index contributed by atoms with van der Waals surface area (Å²) in [6, 6.07) is 3.62. The molecule has 0 atom stereocenters. The van der Waals surface area contributed by atoms with E-state index in [0.29, 0.717) is 33.7 Å². The minimum absolute atomic E-state index is 0.000235. The Morgan fingerprint density at radius 1 is 1.12 bits per heavy atom. The van der Waals surface area contributed by atoms with Gasteiger partial charge in [0.05, 0.1) is 17.8 Å². The van der Waals surface area contributed by atoms with Crippen molar-refractivity contribution in [3.8, 4) is 5.75 Å². The van der Waals surface area contributed by atoms with Gasteiger partial charge in [-0.1, -0.05) is 47.5 Å². The zero-order valence-electron chi connectivity index (χ0n) is 20.7. The first kappa shape index (κ1) is 27.4. The van der Waals surface area contributed by atoms with Crippen LogP contribution in [0.5, 0.6) is 5.75 Å². The van der Waals surface area contributed by atoms with Crippen molar-refractivity contribution in [2.45, 2.75) is 72.4 Å². The van der Waals surface area contributed by atoms with E-state index in [2.05, 4.69) is 30.7 Å². The number of rotatable bonds is 4. The molecule has 2 aromatic rings. The third-order valence-corrected chi connectivity index (χ3v) is 6.07. The summed E-state index contributed by atoms with van der Waals surface area (Å²) in [6.07, 6.45) is 4.64. The molecule has 0 bridgehead atoms. The standard InChI is InChI=1S/C19H16F3N3O.C6H14.C2H6/c20-19(21,22)11-7-13(10-1-2-10)17(16(26)8-11)18-12-3-5-24-9-14(12)15(23)4-6-25-18;1-4-6(3)5-2;1-2/h3-5,7-10,26H,1-2,6,23H2;6H,4-5H2,1-3H3;1-2H3. The van der Waals surface area contributed by atoms with Crippen LogP contribution in [0.3, 0.4) is 0 Å². The number of phenolic OH excluding ortho intramolecular Hbond substituents is 1. The first-order valence-corrected chi connectivity index (χ1v) is 12.1. The van der Waals surface area contributed by atoms with Crippen LogP contribution in [0.2, 0.25) is 0 Å². The van der Waals surface area contributed by atoms with Crippen molar-refractivity contribution >= 4 is 11.4 Å². The Kier molecular flexibility index (Phi) is 9.71. The summed E-state index contributed by atoms with van der Waals surface area (Å²) >= 11 is 0. The molecule has 1 aromatic carbocycles. The van der Waals surface area contributed by atoms with E-state index in [9.17, 15) is 18.3 Å². The number of nitrogens with two attached hydrogens (primary N) is 1. The number of fused-ring (bicyclic) bond motifs is 1. The van der Waals surface area contributed by atoms with E-state index in [1.54, 1.807) is 24.5 Å². The molecule has 2 heterocycles. The summed E-state index contributed by atoms with van der Waals surface area (Å²) in [5.74, 6) is 0.522. The average molecular weight is 476 g/mol. The average Bonchev–Trinajstić information content (AvgIpc) is 3.68. The van der Waals surface area contributed by atoms with Gasteiger partial charge in [-0.3, -0.25) is 9.98 Å². The highest BCUT2D eigenvalue weighted by Crippen LogP contribution is 2.47. The van der Waals surface area contributed by atoms with Crippen molar-refractivity contribution in [2.24, 2.45) is 16.6 Å². The lowest BCUT2D eigenvalue weighted by molar-refractivity contribution is -0.137. The number of nitrogens with zero attached hydrogens (tertiary/aromatic N) is 2. The van der Waals surface area contributed by atoms with Gasteiger partial charge >= 0.3 is 6.18 Å². The molecule has 0 amide bonds. The highest BCUT2D eigenvalue weighted by Gasteiger charge is 2.37. The summed E-state index contributed by atoms with van der Waals surface area (Å²) in [7, 11) is 0. The van der Waals surface area contributed by atoms with Crippen LogP contribution >= 0.6 is 0 Å². The molecule has 7 heteroatoms. The Hall–Kier alpha value is -2.83. The predicted octanol–water partition coefficient (Wildman–Crippen LogP) is 7.30. The van der Waals surface area contributed by atoms with Crippen LogP contribution in [0.4, 0.5) is 13.2 Å². The van der Waals surface area contributed by atoms with Crippen LogP contribution in [0.25, 0.3) is 5.70 Å². The van der Waals surface area contributed by atoms with Crippen LogP contribution in [0.1, 0.15) is 94.0 Å². The van der Waals surface area contributed by atoms with Gasteiger partial charge in [0.25, 0.3) is 0 Å². The van der Waals surface area contributed by atoms with E-state index < -0.39 is 17.5 Å². The van der Waals surface area contributed by atoms with Gasteiger partial charge in [0, 0.05) is 34.8 Å². The quantitative estimate of drug-likeness (QED) is 0.487. The molecule has 2 aliphatic rings. The van der Waals surface area contributed by atoms with E-state index in [4.69, 9.17) is 5.73 Å². The molecule has 34 heavy (non-hydrogen) atoms. The fraction of sp³-hybridized carbons (Fsp3) is 0.481. The molecule has 1 aliphatic carbocycles. The van der Waals surface area contributed by atoms with E-state index in [1.165, 1.54) is 12.8 Å². The number of pyridine rings is 1. The maximum absolute atomic E-state index is 13.2. The summed E-state index contributed by atoms with van der Waals surface area (Å²) in [6.45, 7) is 11.0. The Balaban J connectivity index is 0.000000447. The molecule has 186 valence electrons. The van der Waals surface area contributed by atoms with Crippen LogP contribution in [0.15, 0.2) is 41.7 Å². The first-order chi connectivity index (χ1) is 16.2. The van der Waals surface area contributed by atoms with E-state index in [1.807, 2.05) is 13.8 Å². The first-order valence-electron chi connectivity index (χ1n) is 12.1. The molecule has 4 rings (SSSR count). The summed E-state index contributed by atoms with van der Waals surface area (Å²) < 4.78 is 39.6. The number of phenols is 1. The lowest BCUT2D eigenvalue weighted by Crippen LogP contribution is -2.13. The minimum atomic E-state index is -4.52.